The summed E-state index contributed by atoms with van der Waals surface area (Å²) in [5.74, 6) is -0.541. The van der Waals surface area contributed by atoms with E-state index >= 15 is 0 Å². The molecule has 0 fully saturated rings. The molecule has 20 heavy (non-hydrogen) atoms. The molecule has 2 nitrogen and oxygen atoms in total. The zero-order valence-electron chi connectivity index (χ0n) is 10.9. The Labute approximate surface area is 137 Å². The molecule has 1 unspecified atom stereocenters. The van der Waals surface area contributed by atoms with Crippen LogP contribution in [0.4, 0.5) is 13.2 Å². The third-order valence-electron chi connectivity index (χ3n) is 2.82. The maximum atomic E-state index is 13.0. The average Bonchev–Trinajstić information content (AvgIpc) is 2.34. The van der Waals surface area contributed by atoms with E-state index in [9.17, 15) is 18.0 Å². The lowest BCUT2D eigenvalue weighted by atomic mass is 10.0. The van der Waals surface area contributed by atoms with Gasteiger partial charge in [-0.05, 0) is 24.1 Å². The quantitative estimate of drug-likeness (QED) is 0.510. The number of carbonyl (C=O) groups is 1. The summed E-state index contributed by atoms with van der Waals surface area (Å²) in [5, 5.41) is 2.65. The molecule has 1 amide bonds. The van der Waals surface area contributed by atoms with E-state index in [-0.39, 0.29) is 22.0 Å². The lowest BCUT2D eigenvalue weighted by Crippen LogP contribution is -2.40. The molecule has 1 aromatic rings. The highest BCUT2D eigenvalue weighted by Gasteiger charge is 2.35. The predicted molar refractivity (Wildman–Crippen MR) is 84.1 cm³/mol. The second-order valence-electron chi connectivity index (χ2n) is 4.67. The highest BCUT2D eigenvalue weighted by atomic mass is 127. The van der Waals surface area contributed by atoms with E-state index in [1.807, 2.05) is 13.8 Å². The van der Waals surface area contributed by atoms with Crippen molar-refractivity contribution in [2.24, 2.45) is 5.92 Å². The highest BCUT2D eigenvalue weighted by Crippen LogP contribution is 2.34. The minimum atomic E-state index is -4.56. The van der Waals surface area contributed by atoms with E-state index in [4.69, 9.17) is 0 Å². The van der Waals surface area contributed by atoms with Crippen LogP contribution in [-0.2, 0) is 6.18 Å². The standard InChI is InChI=1S/C13H14BrF3INO/c1-7(2)11(6-18)19-12(20)9-4-3-8(14)5-10(9)13(15,16)17/h3-5,7,11H,6H2,1-2H3,(H,19,20). The maximum Gasteiger partial charge on any atom is 0.417 e. The Hall–Kier alpha value is -0.310. The third-order valence-corrected chi connectivity index (χ3v) is 4.26. The molecule has 1 rings (SSSR count). The van der Waals surface area contributed by atoms with E-state index in [0.29, 0.717) is 4.43 Å². The van der Waals surface area contributed by atoms with Gasteiger partial charge in [-0.2, -0.15) is 13.2 Å². The van der Waals surface area contributed by atoms with Gasteiger partial charge in [0, 0.05) is 14.9 Å². The minimum absolute atomic E-state index is 0.153. The predicted octanol–water partition coefficient (Wildman–Crippen LogP) is 4.66. The Morgan fingerprint density at radius 2 is 2.00 bits per heavy atom. The SMILES string of the molecule is CC(C)C(CI)NC(=O)c1ccc(Br)cc1C(F)(F)F. The number of halogens is 5. The average molecular weight is 464 g/mol. The Kier molecular flexibility index (Phi) is 6.30. The third kappa shape index (κ3) is 4.61. The van der Waals surface area contributed by atoms with Crippen molar-refractivity contribution in [1.82, 2.24) is 5.32 Å². The maximum absolute atomic E-state index is 13.0. The second kappa shape index (κ2) is 7.11. The summed E-state index contributed by atoms with van der Waals surface area (Å²) in [6.07, 6.45) is -4.56. The van der Waals surface area contributed by atoms with Crippen molar-refractivity contribution in [2.45, 2.75) is 26.1 Å². The summed E-state index contributed by atoms with van der Waals surface area (Å²) in [7, 11) is 0. The van der Waals surface area contributed by atoms with E-state index in [1.54, 1.807) is 0 Å². The van der Waals surface area contributed by atoms with E-state index < -0.39 is 17.6 Å². The Morgan fingerprint density at radius 1 is 1.40 bits per heavy atom. The van der Waals surface area contributed by atoms with Crippen molar-refractivity contribution in [3.05, 3.63) is 33.8 Å². The van der Waals surface area contributed by atoms with E-state index in [2.05, 4.69) is 43.8 Å². The van der Waals surface area contributed by atoms with Gasteiger partial charge in [-0.15, -0.1) is 0 Å². The summed E-state index contributed by atoms with van der Waals surface area (Å²) in [4.78, 5) is 12.1. The lowest BCUT2D eigenvalue weighted by Gasteiger charge is -2.21. The van der Waals surface area contributed by atoms with Gasteiger partial charge in [0.15, 0.2) is 0 Å². The zero-order chi connectivity index (χ0) is 15.5. The largest absolute Gasteiger partial charge is 0.417 e. The molecule has 0 saturated carbocycles. The fourth-order valence-corrected chi connectivity index (χ4v) is 3.18. The molecule has 1 aromatic carbocycles. The minimum Gasteiger partial charge on any atom is -0.348 e. The van der Waals surface area contributed by atoms with Crippen LogP contribution in [0.25, 0.3) is 0 Å². The first kappa shape index (κ1) is 17.7. The first-order valence-electron chi connectivity index (χ1n) is 5.90. The number of hydrogen-bond donors (Lipinski definition) is 1. The first-order chi connectivity index (χ1) is 9.16. The van der Waals surface area contributed by atoms with Gasteiger partial charge in [0.1, 0.15) is 0 Å². The Morgan fingerprint density at radius 3 is 2.45 bits per heavy atom. The molecule has 0 radical (unpaired) electrons. The molecule has 7 heteroatoms. The molecule has 112 valence electrons. The fraction of sp³-hybridized carbons (Fsp3) is 0.462. The summed E-state index contributed by atoms with van der Waals surface area (Å²) in [6.45, 7) is 3.83. The monoisotopic (exact) mass is 463 g/mol. The van der Waals surface area contributed by atoms with Crippen molar-refractivity contribution in [1.29, 1.82) is 0 Å². The van der Waals surface area contributed by atoms with Crippen LogP contribution in [0, 0.1) is 5.92 Å². The topological polar surface area (TPSA) is 29.1 Å². The lowest BCUT2D eigenvalue weighted by molar-refractivity contribution is -0.138. The van der Waals surface area contributed by atoms with Gasteiger partial charge in [0.2, 0.25) is 0 Å². The van der Waals surface area contributed by atoms with Crippen LogP contribution in [-0.4, -0.2) is 16.4 Å². The highest BCUT2D eigenvalue weighted by molar-refractivity contribution is 14.1. The van der Waals surface area contributed by atoms with Gasteiger partial charge in [0.05, 0.1) is 11.1 Å². The number of benzene rings is 1. The van der Waals surface area contributed by atoms with Gasteiger partial charge >= 0.3 is 6.18 Å². The zero-order valence-corrected chi connectivity index (χ0v) is 14.6. The normalized spacial score (nSPS) is 13.4. The molecule has 0 aromatic heterocycles. The summed E-state index contributed by atoms with van der Waals surface area (Å²) < 4.78 is 39.8. The Balaban J connectivity index is 3.10. The molecule has 1 N–H and O–H groups in total. The van der Waals surface area contributed by atoms with Gasteiger partial charge < -0.3 is 5.32 Å². The van der Waals surface area contributed by atoms with Gasteiger partial charge in [-0.25, -0.2) is 0 Å². The van der Waals surface area contributed by atoms with E-state index in [0.717, 1.165) is 6.07 Å². The number of hydrogen-bond acceptors (Lipinski definition) is 1. The molecule has 0 aliphatic heterocycles. The summed E-state index contributed by atoms with van der Waals surface area (Å²) in [5.41, 5.74) is -1.28. The van der Waals surface area contributed by atoms with E-state index in [1.165, 1.54) is 12.1 Å². The van der Waals surface area contributed by atoms with Crippen LogP contribution in [0.3, 0.4) is 0 Å². The molecule has 0 aliphatic carbocycles. The molecule has 0 aliphatic rings. The number of rotatable bonds is 4. The smallest absolute Gasteiger partial charge is 0.348 e. The molecule has 0 saturated heterocycles. The van der Waals surface area contributed by atoms with Crippen LogP contribution in [0.2, 0.25) is 0 Å². The molecule has 0 heterocycles. The fourth-order valence-electron chi connectivity index (χ4n) is 1.58. The Bertz CT molecular complexity index is 491. The van der Waals surface area contributed by atoms with Crippen molar-refractivity contribution < 1.29 is 18.0 Å². The van der Waals surface area contributed by atoms with Crippen molar-refractivity contribution in [3.8, 4) is 0 Å². The van der Waals surface area contributed by atoms with Gasteiger partial charge in [-0.3, -0.25) is 4.79 Å². The number of amides is 1. The van der Waals surface area contributed by atoms with Crippen LogP contribution >= 0.6 is 38.5 Å². The summed E-state index contributed by atoms with van der Waals surface area (Å²) >= 11 is 5.10. The molecule has 1 atom stereocenters. The first-order valence-corrected chi connectivity index (χ1v) is 8.22. The molecular weight excluding hydrogens is 450 g/mol. The van der Waals surface area contributed by atoms with Crippen LogP contribution in [0.1, 0.15) is 29.8 Å². The van der Waals surface area contributed by atoms with Crippen molar-refractivity contribution in [2.75, 3.05) is 4.43 Å². The van der Waals surface area contributed by atoms with Crippen molar-refractivity contribution >= 4 is 44.4 Å². The van der Waals surface area contributed by atoms with Crippen LogP contribution < -0.4 is 5.32 Å². The van der Waals surface area contributed by atoms with Gasteiger partial charge in [-0.1, -0.05) is 52.4 Å². The van der Waals surface area contributed by atoms with Crippen molar-refractivity contribution in [3.63, 3.8) is 0 Å². The van der Waals surface area contributed by atoms with Gasteiger partial charge in [0.25, 0.3) is 5.91 Å². The second-order valence-corrected chi connectivity index (χ2v) is 6.46. The van der Waals surface area contributed by atoms with Crippen LogP contribution in [0.15, 0.2) is 22.7 Å². The summed E-state index contributed by atoms with van der Waals surface area (Å²) in [6, 6.07) is 3.38. The molecule has 0 spiro atoms. The molecule has 0 bridgehead atoms. The molecular formula is C13H14BrF3INO. The number of alkyl halides is 4. The number of nitrogens with one attached hydrogen (secondary N) is 1. The number of carbonyl (C=O) groups excluding carboxylic acids is 1. The van der Waals surface area contributed by atoms with Crippen LogP contribution in [0.5, 0.6) is 0 Å².